The SMILES string of the molecule is O.O.O.O.[Au]. The van der Waals surface area contributed by atoms with Gasteiger partial charge >= 0.3 is 0 Å². The van der Waals surface area contributed by atoms with Crippen LogP contribution in [0.3, 0.4) is 0 Å². The van der Waals surface area contributed by atoms with Gasteiger partial charge in [0.05, 0.1) is 0 Å². The predicted molar refractivity (Wildman–Crippen MR) is 14.5 cm³/mol. The molecule has 0 aliphatic rings. The molecule has 0 aromatic carbocycles. The van der Waals surface area contributed by atoms with Crippen molar-refractivity contribution in [3.8, 4) is 0 Å². The van der Waals surface area contributed by atoms with Gasteiger partial charge in [0.2, 0.25) is 0 Å². The van der Waals surface area contributed by atoms with Crippen LogP contribution in [-0.2, 0) is 22.4 Å². The Bertz CT molecular complexity index is 3.61. The molecule has 0 unspecified atom stereocenters. The summed E-state index contributed by atoms with van der Waals surface area (Å²) in [6.07, 6.45) is 0. The first-order valence-corrected chi connectivity index (χ1v) is 0. The maximum Gasteiger partial charge on any atom is 0 e. The smallest absolute Gasteiger partial charge is 0 e. The minimum Gasteiger partial charge on any atom is -0.412 e. The molecule has 0 aromatic rings. The molecule has 0 saturated carbocycles. The Hall–Kier alpha value is 0.580. The van der Waals surface area contributed by atoms with Gasteiger partial charge in [0.1, 0.15) is 0 Å². The van der Waals surface area contributed by atoms with Crippen LogP contribution in [0.25, 0.3) is 0 Å². The van der Waals surface area contributed by atoms with Gasteiger partial charge in [-0.1, -0.05) is 0 Å². The summed E-state index contributed by atoms with van der Waals surface area (Å²) < 4.78 is 0. The van der Waals surface area contributed by atoms with Gasteiger partial charge in [-0.15, -0.1) is 0 Å². The van der Waals surface area contributed by atoms with Gasteiger partial charge in [0, 0.05) is 22.4 Å². The topological polar surface area (TPSA) is 126 Å². The Morgan fingerprint density at radius 3 is 0.400 bits per heavy atom. The Morgan fingerprint density at radius 2 is 0.400 bits per heavy atom. The summed E-state index contributed by atoms with van der Waals surface area (Å²) in [6.45, 7) is 0. The monoisotopic (exact) mass is 269 g/mol. The van der Waals surface area contributed by atoms with Crippen molar-refractivity contribution >= 4 is 0 Å². The van der Waals surface area contributed by atoms with Gasteiger partial charge in [-0.05, 0) is 0 Å². The van der Waals surface area contributed by atoms with E-state index >= 15 is 0 Å². The summed E-state index contributed by atoms with van der Waals surface area (Å²) in [5, 5.41) is 0. The van der Waals surface area contributed by atoms with Crippen LogP contribution in [0.2, 0.25) is 0 Å². The van der Waals surface area contributed by atoms with Crippen LogP contribution >= 0.6 is 0 Å². The maximum atomic E-state index is 0. The molecular weight excluding hydrogens is 261 g/mol. The molecule has 0 aliphatic heterocycles. The second kappa shape index (κ2) is 174. The molecule has 0 aliphatic carbocycles. The van der Waals surface area contributed by atoms with Crippen LogP contribution in [0.1, 0.15) is 0 Å². The van der Waals surface area contributed by atoms with Crippen molar-refractivity contribution in [2.24, 2.45) is 0 Å². The fourth-order valence-electron chi connectivity index (χ4n) is 0. The number of rotatable bonds is 0. The van der Waals surface area contributed by atoms with Crippen molar-refractivity contribution in [3.05, 3.63) is 0 Å². The van der Waals surface area contributed by atoms with Gasteiger partial charge in [-0.2, -0.15) is 0 Å². The van der Waals surface area contributed by atoms with E-state index in [1.807, 2.05) is 0 Å². The summed E-state index contributed by atoms with van der Waals surface area (Å²) >= 11 is 0. The molecular formula is H8AuO4. The van der Waals surface area contributed by atoms with Crippen molar-refractivity contribution in [2.75, 3.05) is 0 Å². The van der Waals surface area contributed by atoms with E-state index < -0.39 is 0 Å². The van der Waals surface area contributed by atoms with Crippen molar-refractivity contribution in [1.29, 1.82) is 0 Å². The van der Waals surface area contributed by atoms with Gasteiger partial charge in [0.15, 0.2) is 0 Å². The fourth-order valence-corrected chi connectivity index (χ4v) is 0. The average molecular weight is 269 g/mol. The first kappa shape index (κ1) is 348. The number of hydrogen-bond acceptors (Lipinski definition) is 0. The first-order chi connectivity index (χ1) is 0. The minimum atomic E-state index is 0. The molecule has 0 heterocycles. The number of hydrogen-bond donors (Lipinski definition) is 0. The van der Waals surface area contributed by atoms with E-state index in [9.17, 15) is 0 Å². The van der Waals surface area contributed by atoms with E-state index in [0.717, 1.165) is 0 Å². The third kappa shape index (κ3) is 90.6. The molecule has 0 saturated heterocycles. The van der Waals surface area contributed by atoms with Crippen LogP contribution in [0.4, 0.5) is 0 Å². The van der Waals surface area contributed by atoms with Crippen molar-refractivity contribution in [3.63, 3.8) is 0 Å². The van der Waals surface area contributed by atoms with Crippen molar-refractivity contribution < 1.29 is 44.3 Å². The molecule has 5 heteroatoms. The third-order valence-electron chi connectivity index (χ3n) is 0. The summed E-state index contributed by atoms with van der Waals surface area (Å²) in [7, 11) is 0. The largest absolute Gasteiger partial charge is 0.412 e. The van der Waals surface area contributed by atoms with Crippen LogP contribution in [0.15, 0.2) is 0 Å². The predicted octanol–water partition coefficient (Wildman–Crippen LogP) is -3.30. The summed E-state index contributed by atoms with van der Waals surface area (Å²) in [5.74, 6) is 0. The van der Waals surface area contributed by atoms with E-state index in [0.29, 0.717) is 0 Å². The van der Waals surface area contributed by atoms with Gasteiger partial charge < -0.3 is 21.9 Å². The van der Waals surface area contributed by atoms with E-state index in [2.05, 4.69) is 0 Å². The fraction of sp³-hybridized carbons (Fsp3) is 0. The normalized spacial score (nSPS) is 0. The average Bonchev–Trinajstić information content (AvgIpc) is 0. The molecule has 0 bridgehead atoms. The molecule has 43 valence electrons. The minimum absolute atomic E-state index is 0. The Balaban J connectivity index is 0. The first-order valence-electron chi connectivity index (χ1n) is 0. The van der Waals surface area contributed by atoms with E-state index in [4.69, 9.17) is 0 Å². The van der Waals surface area contributed by atoms with Crippen LogP contribution < -0.4 is 0 Å². The second-order valence-electron chi connectivity index (χ2n) is 0. The Labute approximate surface area is 44.9 Å². The van der Waals surface area contributed by atoms with Crippen LogP contribution in [-0.4, -0.2) is 21.9 Å². The maximum absolute atomic E-state index is 0. The molecule has 5 heavy (non-hydrogen) atoms. The van der Waals surface area contributed by atoms with Gasteiger partial charge in [0.25, 0.3) is 0 Å². The Kier molecular flexibility index (Phi) is 12100. The molecule has 8 N–H and O–H groups in total. The zero-order chi connectivity index (χ0) is 0. The third-order valence-corrected chi connectivity index (χ3v) is 0. The summed E-state index contributed by atoms with van der Waals surface area (Å²) in [6, 6.07) is 0. The van der Waals surface area contributed by atoms with Crippen LogP contribution in [0, 0.1) is 0 Å². The molecule has 0 atom stereocenters. The summed E-state index contributed by atoms with van der Waals surface area (Å²) in [4.78, 5) is 0. The standard InChI is InChI=1S/Au.4H2O/h;4*1H2. The van der Waals surface area contributed by atoms with E-state index in [1.165, 1.54) is 0 Å². The quantitative estimate of drug-likeness (QED) is 0.408. The van der Waals surface area contributed by atoms with Gasteiger partial charge in [-0.3, -0.25) is 0 Å². The Morgan fingerprint density at radius 1 is 0.400 bits per heavy atom. The van der Waals surface area contributed by atoms with Crippen LogP contribution in [0.5, 0.6) is 0 Å². The molecule has 0 aromatic heterocycles. The van der Waals surface area contributed by atoms with Crippen molar-refractivity contribution in [1.82, 2.24) is 0 Å². The molecule has 0 amide bonds. The zero-order valence-corrected chi connectivity index (χ0v) is 4.47. The van der Waals surface area contributed by atoms with E-state index in [-0.39, 0.29) is 44.3 Å². The zero-order valence-electron chi connectivity index (χ0n) is 2.30. The second-order valence-corrected chi connectivity index (χ2v) is 0. The molecule has 4 nitrogen and oxygen atoms in total. The molecule has 0 fully saturated rings. The van der Waals surface area contributed by atoms with Crippen molar-refractivity contribution in [2.45, 2.75) is 0 Å². The molecule has 0 spiro atoms. The molecule has 1 radical (unpaired) electrons. The summed E-state index contributed by atoms with van der Waals surface area (Å²) in [5.41, 5.74) is 0. The molecule has 0 rings (SSSR count). The van der Waals surface area contributed by atoms with Gasteiger partial charge in [-0.25, -0.2) is 0 Å². The van der Waals surface area contributed by atoms with E-state index in [1.54, 1.807) is 0 Å².